The fourth-order valence-corrected chi connectivity index (χ4v) is 3.43. The van der Waals surface area contributed by atoms with Gasteiger partial charge in [0.2, 0.25) is 0 Å². The van der Waals surface area contributed by atoms with Crippen LogP contribution in [-0.2, 0) is 0 Å². The Balaban J connectivity index is 1.86. The molecule has 0 amide bonds. The zero-order valence-electron chi connectivity index (χ0n) is 13.1. The van der Waals surface area contributed by atoms with Gasteiger partial charge in [-0.15, -0.1) is 0 Å². The van der Waals surface area contributed by atoms with Crippen molar-refractivity contribution in [3.05, 3.63) is 53.3 Å². The van der Waals surface area contributed by atoms with Crippen molar-refractivity contribution in [2.24, 2.45) is 0 Å². The molecule has 0 bridgehead atoms. The molecule has 1 aliphatic rings. The second kappa shape index (κ2) is 5.82. The molecule has 23 heavy (non-hydrogen) atoms. The predicted molar refractivity (Wildman–Crippen MR) is 96.2 cm³/mol. The lowest BCUT2D eigenvalue weighted by molar-refractivity contribution is 0.925. The first kappa shape index (κ1) is 14.5. The Kier molecular flexibility index (Phi) is 3.66. The van der Waals surface area contributed by atoms with Gasteiger partial charge >= 0.3 is 0 Å². The summed E-state index contributed by atoms with van der Waals surface area (Å²) in [5, 5.41) is 1.88. The molecule has 0 saturated carbocycles. The fraction of sp³-hybridized carbons (Fsp3) is 0.263. The third-order valence-electron chi connectivity index (χ3n) is 4.35. The Morgan fingerprint density at radius 2 is 1.74 bits per heavy atom. The van der Waals surface area contributed by atoms with Crippen molar-refractivity contribution >= 4 is 28.3 Å². The largest absolute Gasteiger partial charge is 0.356 e. The maximum Gasteiger partial charge on any atom is 0.140 e. The van der Waals surface area contributed by atoms with Gasteiger partial charge in [0.15, 0.2) is 0 Å². The molecule has 3 nitrogen and oxygen atoms in total. The van der Waals surface area contributed by atoms with Crippen molar-refractivity contribution in [1.82, 2.24) is 9.97 Å². The summed E-state index contributed by atoms with van der Waals surface area (Å²) in [5.74, 6) is 1.89. The highest BCUT2D eigenvalue weighted by molar-refractivity contribution is 6.30. The van der Waals surface area contributed by atoms with E-state index in [4.69, 9.17) is 16.6 Å². The topological polar surface area (TPSA) is 29.0 Å². The molecule has 0 unspecified atom stereocenters. The van der Waals surface area contributed by atoms with Gasteiger partial charge < -0.3 is 4.90 Å². The van der Waals surface area contributed by atoms with Gasteiger partial charge in [-0.3, -0.25) is 0 Å². The monoisotopic (exact) mass is 323 g/mol. The summed E-state index contributed by atoms with van der Waals surface area (Å²) in [4.78, 5) is 11.7. The molecule has 0 spiro atoms. The minimum Gasteiger partial charge on any atom is -0.356 e. The van der Waals surface area contributed by atoms with E-state index in [1.807, 2.05) is 25.1 Å². The number of halogens is 1. The summed E-state index contributed by atoms with van der Waals surface area (Å²) >= 11 is 6.12. The lowest BCUT2D eigenvalue weighted by Crippen LogP contribution is -2.20. The number of fused-ring (bicyclic) bond motifs is 1. The van der Waals surface area contributed by atoms with Crippen molar-refractivity contribution in [2.45, 2.75) is 19.8 Å². The maximum atomic E-state index is 6.12. The van der Waals surface area contributed by atoms with E-state index >= 15 is 0 Å². The van der Waals surface area contributed by atoms with E-state index in [0.29, 0.717) is 0 Å². The van der Waals surface area contributed by atoms with Crippen LogP contribution in [0.25, 0.3) is 22.0 Å². The minimum absolute atomic E-state index is 0.749. The molecule has 1 aromatic heterocycles. The van der Waals surface area contributed by atoms with Crippen LogP contribution < -0.4 is 4.90 Å². The van der Waals surface area contributed by atoms with Crippen molar-refractivity contribution in [3.8, 4) is 11.1 Å². The molecule has 3 aromatic rings. The molecule has 2 aromatic carbocycles. The molecule has 116 valence electrons. The van der Waals surface area contributed by atoms with Crippen LogP contribution >= 0.6 is 11.6 Å². The minimum atomic E-state index is 0.749. The molecule has 0 N–H and O–H groups in total. The van der Waals surface area contributed by atoms with E-state index in [0.717, 1.165) is 51.8 Å². The van der Waals surface area contributed by atoms with Crippen molar-refractivity contribution < 1.29 is 0 Å². The molecule has 0 aliphatic carbocycles. The van der Waals surface area contributed by atoms with Crippen LogP contribution in [0.15, 0.2) is 42.5 Å². The van der Waals surface area contributed by atoms with Crippen LogP contribution in [0, 0.1) is 6.92 Å². The van der Waals surface area contributed by atoms with Crippen LogP contribution in [0.4, 0.5) is 5.82 Å². The van der Waals surface area contributed by atoms with Crippen LogP contribution in [0.2, 0.25) is 5.02 Å². The zero-order chi connectivity index (χ0) is 15.8. The highest BCUT2D eigenvalue weighted by Crippen LogP contribution is 2.31. The summed E-state index contributed by atoms with van der Waals surface area (Å²) < 4.78 is 0. The molecule has 1 fully saturated rings. The first-order valence-electron chi connectivity index (χ1n) is 8.00. The summed E-state index contributed by atoms with van der Waals surface area (Å²) in [5.41, 5.74) is 3.24. The first-order chi connectivity index (χ1) is 11.2. The molecular formula is C19H18ClN3. The van der Waals surface area contributed by atoms with Crippen LogP contribution in [0.5, 0.6) is 0 Å². The van der Waals surface area contributed by atoms with E-state index < -0.39 is 0 Å². The fourth-order valence-electron chi connectivity index (χ4n) is 3.24. The highest BCUT2D eigenvalue weighted by Gasteiger charge is 2.17. The molecule has 0 radical (unpaired) electrons. The van der Waals surface area contributed by atoms with Gasteiger partial charge in [-0.1, -0.05) is 29.8 Å². The van der Waals surface area contributed by atoms with Crippen molar-refractivity contribution in [2.75, 3.05) is 18.0 Å². The molecular weight excluding hydrogens is 306 g/mol. The number of rotatable bonds is 2. The van der Waals surface area contributed by atoms with Gasteiger partial charge in [-0.2, -0.15) is 0 Å². The summed E-state index contributed by atoms with van der Waals surface area (Å²) in [7, 11) is 0. The zero-order valence-corrected chi connectivity index (χ0v) is 13.8. The molecule has 1 aliphatic heterocycles. The van der Waals surface area contributed by atoms with Gasteiger partial charge in [0, 0.05) is 23.5 Å². The molecule has 2 heterocycles. The Bertz CT molecular complexity index is 870. The van der Waals surface area contributed by atoms with Crippen LogP contribution in [-0.4, -0.2) is 23.1 Å². The number of hydrogen-bond acceptors (Lipinski definition) is 3. The maximum absolute atomic E-state index is 6.12. The first-order valence-corrected chi connectivity index (χ1v) is 8.38. The van der Waals surface area contributed by atoms with E-state index in [1.165, 1.54) is 12.8 Å². The predicted octanol–water partition coefficient (Wildman–Crippen LogP) is 4.86. The second-order valence-corrected chi connectivity index (χ2v) is 6.47. The number of nitrogens with zero attached hydrogens (tertiary/aromatic N) is 3. The molecule has 4 heteroatoms. The average Bonchev–Trinajstić information content (AvgIpc) is 3.07. The molecule has 4 rings (SSSR count). The van der Waals surface area contributed by atoms with Gasteiger partial charge in [-0.25, -0.2) is 9.97 Å². The Hall–Kier alpha value is -2.13. The lowest BCUT2D eigenvalue weighted by atomic mass is 10.0. The smallest absolute Gasteiger partial charge is 0.140 e. The summed E-state index contributed by atoms with van der Waals surface area (Å²) in [6.45, 7) is 4.13. The summed E-state index contributed by atoms with van der Waals surface area (Å²) in [6, 6.07) is 14.3. The van der Waals surface area contributed by atoms with E-state index in [2.05, 4.69) is 34.1 Å². The molecule has 1 saturated heterocycles. The normalized spacial score (nSPS) is 14.6. The van der Waals surface area contributed by atoms with E-state index in [-0.39, 0.29) is 0 Å². The van der Waals surface area contributed by atoms with Crippen molar-refractivity contribution in [1.29, 1.82) is 0 Å². The van der Waals surface area contributed by atoms with Crippen LogP contribution in [0.3, 0.4) is 0 Å². The Labute approximate surface area is 140 Å². The summed E-state index contributed by atoms with van der Waals surface area (Å²) in [6.07, 6.45) is 2.48. The lowest BCUT2D eigenvalue weighted by Gasteiger charge is -2.19. The third-order valence-corrected chi connectivity index (χ3v) is 4.59. The SMILES string of the molecule is Cc1nc(N2CCCC2)c2ccc(-c3cccc(Cl)c3)cc2n1. The Morgan fingerprint density at radius 1 is 0.957 bits per heavy atom. The highest BCUT2D eigenvalue weighted by atomic mass is 35.5. The van der Waals surface area contributed by atoms with Gasteiger partial charge in [0.25, 0.3) is 0 Å². The Morgan fingerprint density at radius 3 is 2.52 bits per heavy atom. The van der Waals surface area contributed by atoms with E-state index in [1.54, 1.807) is 0 Å². The van der Waals surface area contributed by atoms with Crippen molar-refractivity contribution in [3.63, 3.8) is 0 Å². The number of benzene rings is 2. The second-order valence-electron chi connectivity index (χ2n) is 6.03. The number of aryl methyl sites for hydroxylation is 1. The number of hydrogen-bond donors (Lipinski definition) is 0. The van der Waals surface area contributed by atoms with Gasteiger partial charge in [-0.05, 0) is 55.2 Å². The van der Waals surface area contributed by atoms with Crippen LogP contribution in [0.1, 0.15) is 18.7 Å². The average molecular weight is 324 g/mol. The third kappa shape index (κ3) is 2.77. The molecule has 0 atom stereocenters. The number of anilines is 1. The quantitative estimate of drug-likeness (QED) is 0.674. The van der Waals surface area contributed by atoms with E-state index in [9.17, 15) is 0 Å². The van der Waals surface area contributed by atoms with Gasteiger partial charge in [0.1, 0.15) is 11.6 Å². The number of aromatic nitrogens is 2. The standard InChI is InChI=1S/C19H18ClN3/c1-13-21-18-12-15(14-5-4-6-16(20)11-14)7-8-17(18)19(22-13)23-9-2-3-10-23/h4-8,11-12H,2-3,9-10H2,1H3. The van der Waals surface area contributed by atoms with Gasteiger partial charge in [0.05, 0.1) is 5.52 Å².